The number of aryl methyl sites for hydroxylation is 1. The summed E-state index contributed by atoms with van der Waals surface area (Å²) in [7, 11) is -2.52. The number of ether oxygens (including phenoxy) is 1. The topological polar surface area (TPSA) is 103 Å². The van der Waals surface area contributed by atoms with Crippen LogP contribution in [0.25, 0.3) is 33.1 Å². The largest absolute Gasteiger partial charge is 0.489 e. The molecule has 1 atom stereocenters. The number of fused-ring (bicyclic) bond motifs is 3. The number of pyridine rings is 2. The molecule has 0 bridgehead atoms. The van der Waals surface area contributed by atoms with Gasteiger partial charge in [-0.25, -0.2) is 22.2 Å². The number of sulfone groups is 1. The predicted octanol–water partition coefficient (Wildman–Crippen LogP) is 4.71. The van der Waals surface area contributed by atoms with Crippen LogP contribution in [0, 0.1) is 5.82 Å². The van der Waals surface area contributed by atoms with E-state index in [1.807, 2.05) is 54.2 Å². The number of carbonyl (C=O) groups is 1. The van der Waals surface area contributed by atoms with Gasteiger partial charge in [-0.15, -0.1) is 0 Å². The molecule has 0 spiro atoms. The lowest BCUT2D eigenvalue weighted by atomic mass is 10.1. The molecule has 1 aliphatic rings. The van der Waals surface area contributed by atoms with Crippen molar-refractivity contribution >= 4 is 37.6 Å². The first-order valence-electron chi connectivity index (χ1n) is 12.1. The summed E-state index contributed by atoms with van der Waals surface area (Å²) >= 11 is 0. The molecule has 1 aliphatic heterocycles. The zero-order valence-corrected chi connectivity index (χ0v) is 21.5. The van der Waals surface area contributed by atoms with E-state index in [-0.39, 0.29) is 18.7 Å². The number of carbonyl (C=O) groups excluding carboxylic acids is 1. The summed E-state index contributed by atoms with van der Waals surface area (Å²) < 4.78 is 60.9. The maximum atomic E-state index is 14.6. The molecular formula is C28H22F2N4O4S. The number of rotatable bonds is 4. The van der Waals surface area contributed by atoms with E-state index >= 15 is 0 Å². The second-order valence-corrected chi connectivity index (χ2v) is 11.3. The Bertz CT molecular complexity index is 1890. The van der Waals surface area contributed by atoms with Crippen LogP contribution in [0.15, 0.2) is 71.9 Å². The number of nitrogens with zero attached hydrogens (tertiary/aromatic N) is 3. The van der Waals surface area contributed by atoms with E-state index in [9.17, 15) is 22.0 Å². The molecule has 0 aliphatic carbocycles. The molecule has 4 heterocycles. The summed E-state index contributed by atoms with van der Waals surface area (Å²) in [4.78, 5) is 21.3. The lowest BCUT2D eigenvalue weighted by molar-refractivity contribution is 0.0949. The van der Waals surface area contributed by atoms with Crippen LogP contribution in [0.2, 0.25) is 0 Å². The van der Waals surface area contributed by atoms with Crippen molar-refractivity contribution in [3.8, 4) is 17.0 Å². The van der Waals surface area contributed by atoms with Crippen LogP contribution in [0.4, 0.5) is 8.78 Å². The van der Waals surface area contributed by atoms with E-state index in [1.165, 1.54) is 0 Å². The average molecular weight is 549 g/mol. The highest BCUT2D eigenvalue weighted by Gasteiger charge is 2.35. The number of aromatic nitrogens is 3. The number of amides is 1. The number of alkyl halides is 1. The SMILES string of the molecule is Cn1ccc2c(-c3ccc4cnc(CNC(=O)c5cc(F)c6c(c5)S(=O)(=O)[C@@H](F)CCO6)cc4n3)cccc21. The molecule has 1 amide bonds. The van der Waals surface area contributed by atoms with E-state index < -0.39 is 44.1 Å². The Kier molecular flexibility index (Phi) is 6.02. The van der Waals surface area contributed by atoms with Gasteiger partial charge in [-0.05, 0) is 42.5 Å². The zero-order valence-electron chi connectivity index (χ0n) is 20.7. The van der Waals surface area contributed by atoms with Crippen molar-refractivity contribution in [2.75, 3.05) is 6.61 Å². The van der Waals surface area contributed by atoms with Crippen molar-refractivity contribution in [3.05, 3.63) is 84.1 Å². The fourth-order valence-corrected chi connectivity index (χ4v) is 6.09. The Labute approximate surface area is 222 Å². The van der Waals surface area contributed by atoms with Crippen LogP contribution in [0.3, 0.4) is 0 Å². The van der Waals surface area contributed by atoms with Crippen molar-refractivity contribution < 1.29 is 26.7 Å². The summed E-state index contributed by atoms with van der Waals surface area (Å²) in [6, 6.07) is 15.5. The molecule has 0 radical (unpaired) electrons. The maximum Gasteiger partial charge on any atom is 0.251 e. The van der Waals surface area contributed by atoms with Gasteiger partial charge in [-0.3, -0.25) is 9.78 Å². The predicted molar refractivity (Wildman–Crippen MR) is 141 cm³/mol. The van der Waals surface area contributed by atoms with Gasteiger partial charge in [0.05, 0.1) is 30.1 Å². The number of nitrogens with one attached hydrogen (secondary N) is 1. The van der Waals surface area contributed by atoms with Crippen LogP contribution >= 0.6 is 0 Å². The summed E-state index contributed by atoms with van der Waals surface area (Å²) in [5.74, 6) is -2.37. The Balaban J connectivity index is 1.27. The molecule has 39 heavy (non-hydrogen) atoms. The Hall–Kier alpha value is -4.38. The minimum absolute atomic E-state index is 0.0252. The zero-order chi connectivity index (χ0) is 27.3. The maximum absolute atomic E-state index is 14.6. The minimum atomic E-state index is -4.50. The smallest absolute Gasteiger partial charge is 0.251 e. The van der Waals surface area contributed by atoms with Gasteiger partial charge in [-0.1, -0.05) is 12.1 Å². The fraction of sp³-hybridized carbons (Fsp3) is 0.179. The van der Waals surface area contributed by atoms with Crippen molar-refractivity contribution in [2.45, 2.75) is 23.4 Å². The van der Waals surface area contributed by atoms with Crippen LogP contribution in [-0.2, 0) is 23.4 Å². The van der Waals surface area contributed by atoms with Gasteiger partial charge in [0.1, 0.15) is 4.90 Å². The summed E-state index contributed by atoms with van der Waals surface area (Å²) in [5.41, 5.74) is 1.51. The lowest BCUT2D eigenvalue weighted by Crippen LogP contribution is -2.24. The number of benzene rings is 2. The first-order chi connectivity index (χ1) is 18.7. The molecular weight excluding hydrogens is 526 g/mol. The van der Waals surface area contributed by atoms with E-state index in [0.29, 0.717) is 11.2 Å². The first kappa shape index (κ1) is 24.9. The van der Waals surface area contributed by atoms with E-state index in [0.717, 1.165) is 39.7 Å². The molecule has 2 aromatic carbocycles. The number of halogens is 2. The fourth-order valence-electron chi connectivity index (χ4n) is 4.70. The van der Waals surface area contributed by atoms with Crippen LogP contribution in [0.1, 0.15) is 22.5 Å². The second kappa shape index (κ2) is 9.42. The van der Waals surface area contributed by atoms with Gasteiger partial charge in [-0.2, -0.15) is 0 Å². The highest BCUT2D eigenvalue weighted by atomic mass is 32.2. The third-order valence-electron chi connectivity index (χ3n) is 6.77. The Morgan fingerprint density at radius 2 is 2.03 bits per heavy atom. The van der Waals surface area contributed by atoms with Gasteiger partial charge in [0.2, 0.25) is 15.3 Å². The molecule has 8 nitrogen and oxygen atoms in total. The van der Waals surface area contributed by atoms with Gasteiger partial charge in [0.25, 0.3) is 5.91 Å². The van der Waals surface area contributed by atoms with E-state index in [2.05, 4.69) is 10.3 Å². The molecule has 0 unspecified atom stereocenters. The summed E-state index contributed by atoms with van der Waals surface area (Å²) in [6.07, 6.45) is 3.21. The molecule has 1 N–H and O–H groups in total. The quantitative estimate of drug-likeness (QED) is 0.349. The van der Waals surface area contributed by atoms with Crippen LogP contribution < -0.4 is 10.1 Å². The third kappa shape index (κ3) is 4.38. The molecule has 198 valence electrons. The highest BCUT2D eigenvalue weighted by molar-refractivity contribution is 7.92. The Morgan fingerprint density at radius 3 is 2.87 bits per heavy atom. The minimum Gasteiger partial charge on any atom is -0.489 e. The molecule has 0 fully saturated rings. The second-order valence-electron chi connectivity index (χ2n) is 9.29. The van der Waals surface area contributed by atoms with Gasteiger partial charge >= 0.3 is 0 Å². The monoisotopic (exact) mass is 548 g/mol. The molecule has 0 saturated carbocycles. The molecule has 3 aromatic heterocycles. The number of hydrogen-bond acceptors (Lipinski definition) is 6. The molecule has 6 rings (SSSR count). The van der Waals surface area contributed by atoms with Crippen molar-refractivity contribution in [3.63, 3.8) is 0 Å². The van der Waals surface area contributed by atoms with Crippen LogP contribution in [0.5, 0.6) is 5.75 Å². The Morgan fingerprint density at radius 1 is 1.18 bits per heavy atom. The van der Waals surface area contributed by atoms with E-state index in [4.69, 9.17) is 9.72 Å². The average Bonchev–Trinajstić information content (AvgIpc) is 3.27. The first-order valence-corrected chi connectivity index (χ1v) is 13.7. The molecule has 5 aromatic rings. The van der Waals surface area contributed by atoms with Gasteiger partial charge in [0.15, 0.2) is 11.6 Å². The molecule has 0 saturated heterocycles. The summed E-state index contributed by atoms with van der Waals surface area (Å²) in [5, 5.41) is 4.50. The third-order valence-corrected chi connectivity index (χ3v) is 8.60. The molecule has 11 heteroatoms. The van der Waals surface area contributed by atoms with Gasteiger partial charge < -0.3 is 14.6 Å². The van der Waals surface area contributed by atoms with Gasteiger partial charge in [0, 0.05) is 53.3 Å². The lowest BCUT2D eigenvalue weighted by Gasteiger charge is -2.12. The summed E-state index contributed by atoms with van der Waals surface area (Å²) in [6.45, 7) is -0.317. The van der Waals surface area contributed by atoms with Crippen LogP contribution in [-0.4, -0.2) is 41.0 Å². The highest BCUT2D eigenvalue weighted by Crippen LogP contribution is 2.35. The number of hydrogen-bond donors (Lipinski definition) is 1. The normalized spacial score (nSPS) is 16.4. The van der Waals surface area contributed by atoms with Crippen molar-refractivity contribution in [1.29, 1.82) is 0 Å². The van der Waals surface area contributed by atoms with Crippen molar-refractivity contribution in [1.82, 2.24) is 19.9 Å². The van der Waals surface area contributed by atoms with E-state index in [1.54, 1.807) is 12.3 Å². The standard InChI is InChI=1S/C28H22F2N4O4S/c1-34-9-7-20-19(3-2-4-24(20)34)22-6-5-16-14-31-18(13-23(16)33-22)15-32-28(35)17-11-21(29)27-25(12-17)39(36,37)26(30)8-10-38-27/h2-7,9,11-14,26H,8,10,15H2,1H3,(H,32,35)/t26-/m1/s1. The van der Waals surface area contributed by atoms with Crippen molar-refractivity contribution in [2.24, 2.45) is 7.05 Å².